The summed E-state index contributed by atoms with van der Waals surface area (Å²) in [6, 6.07) is 7.33. The van der Waals surface area contributed by atoms with Crippen LogP contribution in [-0.4, -0.2) is 32.3 Å². The Hall–Kier alpha value is -1.54. The van der Waals surface area contributed by atoms with Gasteiger partial charge in [0.1, 0.15) is 0 Å². The average Bonchev–Trinajstić information content (AvgIpc) is 2.50. The van der Waals surface area contributed by atoms with Crippen molar-refractivity contribution >= 4 is 32.9 Å². The second kappa shape index (κ2) is 8.79. The summed E-state index contributed by atoms with van der Waals surface area (Å²) in [7, 11) is -2.59. The van der Waals surface area contributed by atoms with Crippen LogP contribution in [-0.2, 0) is 23.9 Å². The minimum atomic E-state index is -3.79. The van der Waals surface area contributed by atoms with Gasteiger partial charge in [-0.2, -0.15) is 8.42 Å². The second-order valence-electron chi connectivity index (χ2n) is 4.49. The number of carbonyl (C=O) groups is 1. The first-order valence-corrected chi connectivity index (χ1v) is 9.09. The minimum absolute atomic E-state index is 0.142. The van der Waals surface area contributed by atoms with Gasteiger partial charge in [0.15, 0.2) is 0 Å². The van der Waals surface area contributed by atoms with Gasteiger partial charge in [0.05, 0.1) is 12.9 Å². The fourth-order valence-corrected chi connectivity index (χ4v) is 3.04. The zero-order valence-corrected chi connectivity index (χ0v) is 14.4. The summed E-state index contributed by atoms with van der Waals surface area (Å²) < 4.78 is 32.4. The van der Waals surface area contributed by atoms with Crippen LogP contribution in [0, 0.1) is 6.92 Å². The molecule has 0 radical (unpaired) electrons. The predicted octanol–water partition coefficient (Wildman–Crippen LogP) is 2.72. The third-order valence-electron chi connectivity index (χ3n) is 2.58. The van der Waals surface area contributed by atoms with Crippen LogP contribution < -0.4 is 0 Å². The first kappa shape index (κ1) is 18.5. The molecule has 0 unspecified atom stereocenters. The number of methoxy groups -OCH3 is 1. The number of ether oxygens (including phenoxy) is 1. The molecule has 0 heterocycles. The molecule has 122 valence electrons. The van der Waals surface area contributed by atoms with Crippen molar-refractivity contribution in [3.8, 4) is 0 Å². The van der Waals surface area contributed by atoms with Gasteiger partial charge in [-0.1, -0.05) is 48.0 Å². The van der Waals surface area contributed by atoms with Crippen molar-refractivity contribution in [3.63, 3.8) is 0 Å². The molecule has 0 spiro atoms. The number of esters is 1. The van der Waals surface area contributed by atoms with Crippen molar-refractivity contribution in [3.05, 3.63) is 29.8 Å². The number of nitrogens with zero attached hydrogens (tertiary/aromatic N) is 1. The number of hydrogen-bond acceptors (Lipinski definition) is 7. The normalized spacial score (nSPS) is 12.0. The second-order valence-corrected chi connectivity index (χ2v) is 7.23. The summed E-state index contributed by atoms with van der Waals surface area (Å²) in [5.41, 5.74) is 1.07. The lowest BCUT2D eigenvalue weighted by Gasteiger charge is -2.05. The summed E-state index contributed by atoms with van der Waals surface area (Å²) in [5.74, 6) is -0.896. The fourth-order valence-electron chi connectivity index (χ4n) is 1.35. The van der Waals surface area contributed by atoms with E-state index in [0.29, 0.717) is 12.8 Å². The predicted molar refractivity (Wildman–Crippen MR) is 86.3 cm³/mol. The molecule has 0 fully saturated rings. The van der Waals surface area contributed by atoms with Gasteiger partial charge in [-0.25, -0.2) is 4.79 Å². The molecule has 0 aliphatic heterocycles. The molecule has 0 bridgehead atoms. The quantitative estimate of drug-likeness (QED) is 0.259. The Labute approximate surface area is 135 Å². The fraction of sp³-hybridized carbons (Fsp3) is 0.429. The number of rotatable bonds is 6. The monoisotopic (exact) mass is 345 g/mol. The molecule has 0 N–H and O–H groups in total. The first-order valence-electron chi connectivity index (χ1n) is 6.70. The van der Waals surface area contributed by atoms with Gasteiger partial charge < -0.3 is 4.74 Å². The molecular weight excluding hydrogens is 326 g/mol. The highest BCUT2D eigenvalue weighted by Gasteiger charge is 2.18. The third kappa shape index (κ3) is 6.48. The van der Waals surface area contributed by atoms with E-state index in [0.717, 1.165) is 22.2 Å². The smallest absolute Gasteiger partial charge is 0.367 e. The molecule has 0 saturated carbocycles. The van der Waals surface area contributed by atoms with Crippen molar-refractivity contribution in [1.29, 1.82) is 0 Å². The van der Waals surface area contributed by atoms with Crippen LogP contribution in [0.15, 0.2) is 34.3 Å². The molecule has 0 aromatic heterocycles. The van der Waals surface area contributed by atoms with E-state index in [9.17, 15) is 13.2 Å². The van der Waals surface area contributed by atoms with E-state index in [1.165, 1.54) is 7.11 Å². The van der Waals surface area contributed by atoms with Crippen LogP contribution in [0.2, 0.25) is 0 Å². The number of unbranched alkanes of at least 4 members (excludes halogenated alkanes) is 1. The Balaban J connectivity index is 2.86. The van der Waals surface area contributed by atoms with Crippen LogP contribution >= 0.6 is 11.8 Å². The van der Waals surface area contributed by atoms with Crippen LogP contribution in [0.5, 0.6) is 0 Å². The number of thioether (sulfide) groups is 1. The van der Waals surface area contributed by atoms with Gasteiger partial charge in [-0.05, 0) is 25.5 Å². The van der Waals surface area contributed by atoms with Gasteiger partial charge in [0.25, 0.3) is 0 Å². The summed E-state index contributed by atoms with van der Waals surface area (Å²) >= 11 is 0.981. The number of aryl methyl sites for hydroxylation is 1. The highest BCUT2D eigenvalue weighted by atomic mass is 32.2. The highest BCUT2D eigenvalue weighted by Crippen LogP contribution is 2.21. The van der Waals surface area contributed by atoms with Gasteiger partial charge >= 0.3 is 16.1 Å². The number of hydrogen-bond donors (Lipinski definition) is 0. The summed E-state index contributed by atoms with van der Waals surface area (Å²) in [5, 5.41) is 3.28. The lowest BCUT2D eigenvalue weighted by atomic mass is 10.2. The molecule has 1 aromatic rings. The van der Waals surface area contributed by atoms with Crippen molar-refractivity contribution < 1.29 is 22.2 Å². The zero-order chi connectivity index (χ0) is 16.6. The Bertz CT molecular complexity index is 623. The zero-order valence-electron chi connectivity index (χ0n) is 12.7. The molecule has 22 heavy (non-hydrogen) atoms. The summed E-state index contributed by atoms with van der Waals surface area (Å²) in [6.07, 6.45) is 1.19. The minimum Gasteiger partial charge on any atom is -0.464 e. The van der Waals surface area contributed by atoms with Crippen LogP contribution in [0.4, 0.5) is 0 Å². The Morgan fingerprint density at radius 1 is 1.27 bits per heavy atom. The topological polar surface area (TPSA) is 82.0 Å². The van der Waals surface area contributed by atoms with Gasteiger partial charge in [-0.15, -0.1) is 0 Å². The molecule has 0 aliphatic rings. The standard InChI is InChI=1S/C14H19NO5S2/c1-4-5-10-22(17,18)20-15-13(14(16)19-3)21-12-8-6-11(2)7-9-12/h6-9H,4-5,10H2,1-3H3. The number of benzene rings is 1. The highest BCUT2D eigenvalue weighted by molar-refractivity contribution is 8.15. The SMILES string of the molecule is CCCCS(=O)(=O)ON=C(Sc1ccc(C)cc1)C(=O)OC. The van der Waals surface area contributed by atoms with Crippen molar-refractivity contribution in [1.82, 2.24) is 0 Å². The first-order chi connectivity index (χ1) is 10.4. The average molecular weight is 345 g/mol. The van der Waals surface area contributed by atoms with E-state index in [1.807, 2.05) is 26.0 Å². The van der Waals surface area contributed by atoms with Gasteiger partial charge in [0, 0.05) is 4.90 Å². The summed E-state index contributed by atoms with van der Waals surface area (Å²) in [6.45, 7) is 3.80. The maximum Gasteiger partial charge on any atom is 0.367 e. The Kier molecular flexibility index (Phi) is 7.40. The van der Waals surface area contributed by atoms with E-state index in [2.05, 4.69) is 14.2 Å². The third-order valence-corrected chi connectivity index (χ3v) is 4.61. The Morgan fingerprint density at radius 2 is 1.91 bits per heavy atom. The Morgan fingerprint density at radius 3 is 2.45 bits per heavy atom. The van der Waals surface area contributed by atoms with E-state index in [-0.39, 0.29) is 10.8 Å². The molecular formula is C14H19NO5S2. The number of carbonyl (C=O) groups excluding carboxylic acids is 1. The van der Waals surface area contributed by atoms with E-state index < -0.39 is 16.1 Å². The van der Waals surface area contributed by atoms with Crippen LogP contribution in [0.1, 0.15) is 25.3 Å². The van der Waals surface area contributed by atoms with E-state index >= 15 is 0 Å². The lowest BCUT2D eigenvalue weighted by molar-refractivity contribution is -0.132. The molecule has 0 amide bonds. The van der Waals surface area contributed by atoms with E-state index in [1.54, 1.807) is 12.1 Å². The number of oxime groups is 1. The largest absolute Gasteiger partial charge is 0.464 e. The molecule has 0 atom stereocenters. The van der Waals surface area contributed by atoms with Crippen LogP contribution in [0.25, 0.3) is 0 Å². The summed E-state index contributed by atoms with van der Waals surface area (Å²) in [4.78, 5) is 12.4. The maximum atomic E-state index is 11.7. The van der Waals surface area contributed by atoms with Crippen LogP contribution in [0.3, 0.4) is 0 Å². The molecule has 6 nitrogen and oxygen atoms in total. The van der Waals surface area contributed by atoms with Crippen molar-refractivity contribution in [2.45, 2.75) is 31.6 Å². The van der Waals surface area contributed by atoms with Gasteiger partial charge in [-0.3, -0.25) is 4.28 Å². The molecule has 1 aromatic carbocycles. The molecule has 0 saturated heterocycles. The lowest BCUT2D eigenvalue weighted by Crippen LogP contribution is -2.15. The maximum absolute atomic E-state index is 11.7. The van der Waals surface area contributed by atoms with E-state index in [4.69, 9.17) is 0 Å². The molecule has 1 rings (SSSR count). The van der Waals surface area contributed by atoms with Gasteiger partial charge in [0.2, 0.25) is 5.04 Å². The molecule has 0 aliphatic carbocycles. The molecule has 8 heteroatoms. The van der Waals surface area contributed by atoms with Crippen molar-refractivity contribution in [2.75, 3.05) is 12.9 Å². The van der Waals surface area contributed by atoms with Crippen molar-refractivity contribution in [2.24, 2.45) is 5.16 Å².